The van der Waals surface area contributed by atoms with Gasteiger partial charge in [-0.3, -0.25) is 0 Å². The third kappa shape index (κ3) is 2.37. The van der Waals surface area contributed by atoms with Crippen molar-refractivity contribution in [3.05, 3.63) is 64.9 Å². The van der Waals surface area contributed by atoms with Gasteiger partial charge in [-0.1, -0.05) is 40.2 Å². The number of hydrogen-bond donors (Lipinski definition) is 1. The second-order valence-corrected chi connectivity index (χ2v) is 5.91. The van der Waals surface area contributed by atoms with Crippen LogP contribution in [0.4, 0.5) is 0 Å². The lowest BCUT2D eigenvalue weighted by molar-refractivity contribution is 0.507. The van der Waals surface area contributed by atoms with Gasteiger partial charge in [0.2, 0.25) is 0 Å². The van der Waals surface area contributed by atoms with Gasteiger partial charge in [-0.15, -0.1) is 0 Å². The van der Waals surface area contributed by atoms with E-state index < -0.39 is 0 Å². The first-order valence-electron chi connectivity index (χ1n) is 6.59. The van der Waals surface area contributed by atoms with Crippen molar-refractivity contribution in [2.45, 2.75) is 19.0 Å². The fraction of sp³-hybridized carbons (Fsp3) is 0.188. The summed E-state index contributed by atoms with van der Waals surface area (Å²) in [6, 6.07) is 16.5. The highest BCUT2D eigenvalue weighted by molar-refractivity contribution is 9.10. The molecule has 3 nitrogen and oxygen atoms in total. The molecule has 0 radical (unpaired) electrons. The number of para-hydroxylation sites is 2. The number of nitrogens with zero attached hydrogens (tertiary/aromatic N) is 2. The molecule has 0 aliphatic rings. The Morgan fingerprint density at radius 3 is 2.50 bits per heavy atom. The molecule has 2 N–H and O–H groups in total. The smallest absolute Gasteiger partial charge is 0.0964 e. The van der Waals surface area contributed by atoms with Crippen LogP contribution in [0.2, 0.25) is 0 Å². The Morgan fingerprint density at radius 1 is 1.10 bits per heavy atom. The van der Waals surface area contributed by atoms with E-state index in [0.717, 1.165) is 15.5 Å². The molecular weight excluding hydrogens is 314 g/mol. The summed E-state index contributed by atoms with van der Waals surface area (Å²) in [5.74, 6) is 0. The van der Waals surface area contributed by atoms with Crippen molar-refractivity contribution in [1.82, 2.24) is 9.55 Å². The van der Waals surface area contributed by atoms with E-state index in [1.807, 2.05) is 43.6 Å². The van der Waals surface area contributed by atoms with Crippen LogP contribution >= 0.6 is 15.9 Å². The second kappa shape index (κ2) is 5.38. The summed E-state index contributed by atoms with van der Waals surface area (Å²) in [5.41, 5.74) is 9.52. The van der Waals surface area contributed by atoms with Crippen molar-refractivity contribution in [2.24, 2.45) is 5.73 Å². The van der Waals surface area contributed by atoms with Gasteiger partial charge in [-0.25, -0.2) is 4.98 Å². The van der Waals surface area contributed by atoms with E-state index >= 15 is 0 Å². The second-order valence-electron chi connectivity index (χ2n) is 5.00. The minimum absolute atomic E-state index is 0.00576. The fourth-order valence-corrected chi connectivity index (χ4v) is 2.84. The Morgan fingerprint density at radius 2 is 1.80 bits per heavy atom. The normalized spacial score (nSPS) is 14.3. The summed E-state index contributed by atoms with van der Waals surface area (Å²) < 4.78 is 3.23. The first-order valence-corrected chi connectivity index (χ1v) is 7.39. The Bertz CT molecular complexity index is 716. The molecule has 3 rings (SSSR count). The Kier molecular flexibility index (Phi) is 3.59. The highest BCUT2D eigenvalue weighted by atomic mass is 79.9. The van der Waals surface area contributed by atoms with Gasteiger partial charge >= 0.3 is 0 Å². The van der Waals surface area contributed by atoms with E-state index in [1.54, 1.807) is 0 Å². The molecule has 0 aliphatic heterocycles. The van der Waals surface area contributed by atoms with Crippen LogP contribution in [0.25, 0.3) is 11.0 Å². The molecule has 1 heterocycles. The summed E-state index contributed by atoms with van der Waals surface area (Å²) in [6.45, 7) is 2.03. The van der Waals surface area contributed by atoms with E-state index in [1.165, 1.54) is 5.56 Å². The van der Waals surface area contributed by atoms with Crippen molar-refractivity contribution in [3.63, 3.8) is 0 Å². The van der Waals surface area contributed by atoms with Crippen LogP contribution in [0.3, 0.4) is 0 Å². The van der Waals surface area contributed by atoms with Crippen LogP contribution in [-0.2, 0) is 0 Å². The van der Waals surface area contributed by atoms with Gasteiger partial charge in [0, 0.05) is 10.5 Å². The minimum Gasteiger partial charge on any atom is -0.326 e. The average molecular weight is 330 g/mol. The molecule has 0 aliphatic carbocycles. The van der Waals surface area contributed by atoms with Crippen molar-refractivity contribution in [2.75, 3.05) is 0 Å². The summed E-state index contributed by atoms with van der Waals surface area (Å²) >= 11 is 3.47. The number of halogens is 1. The molecule has 2 aromatic carbocycles. The molecule has 1 aromatic heterocycles. The average Bonchev–Trinajstić information content (AvgIpc) is 2.85. The van der Waals surface area contributed by atoms with E-state index in [2.05, 4.69) is 43.7 Å². The first kappa shape index (κ1) is 13.3. The molecule has 0 saturated carbocycles. The number of nitrogens with two attached hydrogens (primary N) is 1. The van der Waals surface area contributed by atoms with Crippen LogP contribution in [0.15, 0.2) is 59.3 Å². The lowest BCUT2D eigenvalue weighted by Crippen LogP contribution is -2.29. The van der Waals surface area contributed by atoms with Crippen molar-refractivity contribution >= 4 is 27.0 Å². The summed E-state index contributed by atoms with van der Waals surface area (Å²) in [6.07, 6.45) is 1.88. The Hall–Kier alpha value is -1.65. The van der Waals surface area contributed by atoms with Gasteiger partial charge in [0.15, 0.2) is 0 Å². The van der Waals surface area contributed by atoms with Gasteiger partial charge in [0.25, 0.3) is 0 Å². The zero-order chi connectivity index (χ0) is 14.1. The standard InChI is InChI=1S/C16H16BrN3/c1-11(18)16(12-6-8-13(17)9-7-12)20-10-19-14-4-2-3-5-15(14)20/h2-11,16H,18H2,1H3. The third-order valence-electron chi connectivity index (χ3n) is 3.49. The van der Waals surface area contributed by atoms with E-state index in [9.17, 15) is 0 Å². The molecule has 3 aromatic rings. The monoisotopic (exact) mass is 329 g/mol. The minimum atomic E-state index is -0.00576. The molecular formula is C16H16BrN3. The fourth-order valence-electron chi connectivity index (χ4n) is 2.58. The van der Waals surface area contributed by atoms with Crippen LogP contribution in [0.1, 0.15) is 18.5 Å². The summed E-state index contributed by atoms with van der Waals surface area (Å²) in [4.78, 5) is 4.46. The number of benzene rings is 2. The van der Waals surface area contributed by atoms with E-state index in [4.69, 9.17) is 5.73 Å². The first-order chi connectivity index (χ1) is 9.66. The third-order valence-corrected chi connectivity index (χ3v) is 4.02. The molecule has 0 fully saturated rings. The van der Waals surface area contributed by atoms with Crippen LogP contribution in [-0.4, -0.2) is 15.6 Å². The Balaban J connectivity index is 2.13. The van der Waals surface area contributed by atoms with E-state index in [0.29, 0.717) is 0 Å². The molecule has 2 unspecified atom stereocenters. The lowest BCUT2D eigenvalue weighted by atomic mass is 10.0. The molecule has 20 heavy (non-hydrogen) atoms. The molecule has 0 spiro atoms. The van der Waals surface area contributed by atoms with Crippen molar-refractivity contribution in [3.8, 4) is 0 Å². The van der Waals surface area contributed by atoms with Gasteiger partial charge < -0.3 is 10.3 Å². The number of rotatable bonds is 3. The maximum absolute atomic E-state index is 6.23. The summed E-state index contributed by atoms with van der Waals surface area (Å²) in [7, 11) is 0. The van der Waals surface area contributed by atoms with Gasteiger partial charge in [-0.2, -0.15) is 0 Å². The molecule has 2 atom stereocenters. The highest BCUT2D eigenvalue weighted by Crippen LogP contribution is 2.26. The Labute approximate surface area is 126 Å². The predicted octanol–water partition coefficient (Wildman–Crippen LogP) is 3.74. The lowest BCUT2D eigenvalue weighted by Gasteiger charge is -2.23. The van der Waals surface area contributed by atoms with Gasteiger partial charge in [-0.05, 0) is 36.8 Å². The SMILES string of the molecule is CC(N)C(c1ccc(Br)cc1)n1cnc2ccccc21. The molecule has 0 saturated heterocycles. The summed E-state index contributed by atoms with van der Waals surface area (Å²) in [5, 5.41) is 0. The maximum Gasteiger partial charge on any atom is 0.0964 e. The zero-order valence-electron chi connectivity index (χ0n) is 11.2. The van der Waals surface area contributed by atoms with Crippen LogP contribution in [0, 0.1) is 0 Å². The largest absolute Gasteiger partial charge is 0.326 e. The zero-order valence-corrected chi connectivity index (χ0v) is 12.8. The van der Waals surface area contributed by atoms with Crippen LogP contribution in [0.5, 0.6) is 0 Å². The van der Waals surface area contributed by atoms with Gasteiger partial charge in [0.1, 0.15) is 0 Å². The molecule has 102 valence electrons. The number of aromatic nitrogens is 2. The van der Waals surface area contributed by atoms with Crippen molar-refractivity contribution in [1.29, 1.82) is 0 Å². The molecule has 0 bridgehead atoms. The number of fused-ring (bicyclic) bond motifs is 1. The highest BCUT2D eigenvalue weighted by Gasteiger charge is 2.20. The van der Waals surface area contributed by atoms with Crippen LogP contribution < -0.4 is 5.73 Å². The topological polar surface area (TPSA) is 43.8 Å². The predicted molar refractivity (Wildman–Crippen MR) is 85.7 cm³/mol. The molecule has 0 amide bonds. The van der Waals surface area contributed by atoms with E-state index in [-0.39, 0.29) is 12.1 Å². The van der Waals surface area contributed by atoms with Gasteiger partial charge in [0.05, 0.1) is 23.4 Å². The molecule has 4 heteroatoms. The number of hydrogen-bond acceptors (Lipinski definition) is 2. The quantitative estimate of drug-likeness (QED) is 0.795. The van der Waals surface area contributed by atoms with Crippen molar-refractivity contribution < 1.29 is 0 Å². The number of imidazole rings is 1. The maximum atomic E-state index is 6.23.